The number of hydrogen-bond acceptors (Lipinski definition) is 11. The highest BCUT2D eigenvalue weighted by Gasteiger charge is 2.11. The van der Waals surface area contributed by atoms with Gasteiger partial charge in [-0.15, -0.1) is 0 Å². The molecule has 234 valence electrons. The van der Waals surface area contributed by atoms with E-state index in [9.17, 15) is 20.0 Å². The number of esters is 2. The van der Waals surface area contributed by atoms with E-state index in [0.717, 1.165) is 38.5 Å². The Hall–Kier alpha value is -3.64. The molecule has 0 aromatic heterocycles. The lowest BCUT2D eigenvalue weighted by Crippen LogP contribution is -2.25. The molecule has 0 rings (SSSR count). The van der Waals surface area contributed by atoms with Gasteiger partial charge in [-0.3, -0.25) is 0 Å². The number of aliphatic hydroxyl groups is 2. The highest BCUT2D eigenvalue weighted by molar-refractivity contribution is 5.93. The molecule has 2 N–H and O–H groups in total. The fourth-order valence-corrected chi connectivity index (χ4v) is 3.50. The quantitative estimate of drug-likeness (QED) is 0.0560. The molecular weight excluding hydrogens is 540 g/mol. The summed E-state index contributed by atoms with van der Waals surface area (Å²) in [6, 6.07) is 3.69. The lowest BCUT2D eigenvalue weighted by molar-refractivity contribution is -0.142. The van der Waals surface area contributed by atoms with E-state index >= 15 is 0 Å². The lowest BCUT2D eigenvalue weighted by Gasteiger charge is -2.18. The van der Waals surface area contributed by atoms with Crippen molar-refractivity contribution < 1.29 is 34.0 Å². The monoisotopic (exact) mass is 588 g/mol. The van der Waals surface area contributed by atoms with Crippen molar-refractivity contribution >= 4 is 11.9 Å². The van der Waals surface area contributed by atoms with Crippen LogP contribution < -0.4 is 0 Å². The molecule has 11 heteroatoms. The van der Waals surface area contributed by atoms with E-state index in [1.165, 1.54) is 12.2 Å². The van der Waals surface area contributed by atoms with Crippen molar-refractivity contribution in [3.8, 4) is 12.1 Å². The van der Waals surface area contributed by atoms with Crippen LogP contribution in [0.1, 0.15) is 59.3 Å². The van der Waals surface area contributed by atoms with Gasteiger partial charge in [-0.1, -0.05) is 25.7 Å². The van der Waals surface area contributed by atoms with Crippen LogP contribution in [-0.2, 0) is 23.8 Å². The number of rotatable bonds is 24. The largest absolute Gasteiger partial charge is 0.462 e. The maximum Gasteiger partial charge on any atom is 0.349 e. The smallest absolute Gasteiger partial charge is 0.349 e. The summed E-state index contributed by atoms with van der Waals surface area (Å²) in [7, 11) is 0. The fourth-order valence-electron chi connectivity index (χ4n) is 3.50. The average molecular weight is 589 g/mol. The van der Waals surface area contributed by atoms with Gasteiger partial charge in [-0.25, -0.2) is 9.59 Å². The highest BCUT2D eigenvalue weighted by Crippen LogP contribution is 2.07. The van der Waals surface area contributed by atoms with Crippen molar-refractivity contribution in [3.63, 3.8) is 0 Å². The second-order valence-corrected chi connectivity index (χ2v) is 9.50. The van der Waals surface area contributed by atoms with Crippen LogP contribution in [0.3, 0.4) is 0 Å². The minimum Gasteiger partial charge on any atom is -0.462 e. The Balaban J connectivity index is 4.09. The number of aliphatic hydroxyl groups excluding tert-OH is 2. The van der Waals surface area contributed by atoms with Gasteiger partial charge in [0.2, 0.25) is 0 Å². The number of allylic oxidation sites excluding steroid dienone is 4. The van der Waals surface area contributed by atoms with Crippen molar-refractivity contribution in [2.45, 2.75) is 65.4 Å². The molecule has 0 unspecified atom stereocenters. The molecule has 0 aliphatic heterocycles. The van der Waals surface area contributed by atoms with E-state index < -0.39 is 11.9 Å². The second kappa shape index (κ2) is 26.3. The van der Waals surface area contributed by atoms with Gasteiger partial charge in [0.15, 0.2) is 0 Å². The summed E-state index contributed by atoms with van der Waals surface area (Å²) in [4.78, 5) is 27.6. The molecule has 0 spiro atoms. The van der Waals surface area contributed by atoms with Gasteiger partial charge in [0, 0.05) is 32.8 Å². The molecule has 0 fully saturated rings. The molecule has 0 aromatic carbocycles. The van der Waals surface area contributed by atoms with E-state index in [2.05, 4.69) is 0 Å². The first kappa shape index (κ1) is 38.4. The maximum absolute atomic E-state index is 12.1. The minimum atomic E-state index is -0.668. The van der Waals surface area contributed by atoms with Crippen LogP contribution in [0.15, 0.2) is 47.9 Å². The van der Waals surface area contributed by atoms with Gasteiger partial charge in [0.25, 0.3) is 0 Å². The Bertz CT molecular complexity index is 961. The van der Waals surface area contributed by atoms with Gasteiger partial charge in [0.1, 0.15) is 23.3 Å². The van der Waals surface area contributed by atoms with Gasteiger partial charge < -0.3 is 34.2 Å². The van der Waals surface area contributed by atoms with Crippen molar-refractivity contribution in [1.82, 2.24) is 9.80 Å². The number of carbonyl (C=O) groups is 2. The van der Waals surface area contributed by atoms with Crippen LogP contribution in [0.4, 0.5) is 0 Å². The summed E-state index contributed by atoms with van der Waals surface area (Å²) in [6.45, 7) is 8.88. The topological polar surface area (TPSA) is 156 Å². The van der Waals surface area contributed by atoms with Crippen molar-refractivity contribution in [2.24, 2.45) is 0 Å². The molecular formula is C31H48N4O7. The van der Waals surface area contributed by atoms with Crippen LogP contribution in [0.5, 0.6) is 0 Å². The first-order valence-corrected chi connectivity index (χ1v) is 14.6. The third-order valence-corrected chi connectivity index (χ3v) is 5.76. The van der Waals surface area contributed by atoms with Gasteiger partial charge in [-0.2, -0.15) is 10.5 Å². The molecule has 0 aliphatic rings. The van der Waals surface area contributed by atoms with Crippen LogP contribution >= 0.6 is 0 Å². The Kier molecular flexibility index (Phi) is 24.0. The zero-order valence-electron chi connectivity index (χ0n) is 25.4. The number of nitrogens with zero attached hydrogens (tertiary/aromatic N) is 4. The Labute approximate surface area is 250 Å². The van der Waals surface area contributed by atoms with Crippen LogP contribution in [-0.4, -0.2) is 97.3 Å². The van der Waals surface area contributed by atoms with Crippen molar-refractivity contribution in [3.05, 3.63) is 47.9 Å². The number of unbranched alkanes of at least 4 members (excludes halogenated alkanes) is 5. The summed E-state index contributed by atoms with van der Waals surface area (Å²) in [5, 5.41) is 36.6. The van der Waals surface area contributed by atoms with Gasteiger partial charge in [0.05, 0.1) is 32.5 Å². The van der Waals surface area contributed by atoms with Gasteiger partial charge in [-0.05, 0) is 70.3 Å². The number of nitriles is 2. The van der Waals surface area contributed by atoms with Crippen LogP contribution in [0, 0.1) is 22.7 Å². The zero-order chi connectivity index (χ0) is 31.4. The number of carbonyl (C=O) groups excluding carboxylic acids is 2. The van der Waals surface area contributed by atoms with E-state index in [1.807, 2.05) is 28.9 Å². The molecule has 0 bridgehead atoms. The SMILES string of the molecule is CCN(C=CC=C(C#N)C(=O)OCCCCCCCCOCCN(C=CC=C(C#N)C(=O)OC(C)C)CCO)CCO. The van der Waals surface area contributed by atoms with Crippen molar-refractivity contribution in [1.29, 1.82) is 10.5 Å². The number of ether oxygens (including phenoxy) is 3. The molecule has 0 radical (unpaired) electrons. The first-order valence-electron chi connectivity index (χ1n) is 14.6. The average Bonchev–Trinajstić information content (AvgIpc) is 2.96. The fraction of sp³-hybridized carbons (Fsp3) is 0.613. The molecule has 0 saturated heterocycles. The normalized spacial score (nSPS) is 12.0. The van der Waals surface area contributed by atoms with Crippen LogP contribution in [0.25, 0.3) is 0 Å². The third-order valence-electron chi connectivity index (χ3n) is 5.76. The van der Waals surface area contributed by atoms with Gasteiger partial charge >= 0.3 is 11.9 Å². The predicted octanol–water partition coefficient (Wildman–Crippen LogP) is 3.37. The second-order valence-electron chi connectivity index (χ2n) is 9.50. The highest BCUT2D eigenvalue weighted by atomic mass is 16.5. The lowest BCUT2D eigenvalue weighted by atomic mass is 10.1. The molecule has 0 amide bonds. The summed E-state index contributed by atoms with van der Waals surface area (Å²) in [6.07, 6.45) is 14.8. The Morgan fingerprint density at radius 3 is 1.83 bits per heavy atom. The number of hydrogen-bond donors (Lipinski definition) is 2. The zero-order valence-corrected chi connectivity index (χ0v) is 25.4. The standard InChI is InChI=1S/C31H48N4O7/c1-4-34(17-20-36)15-11-13-28(25-32)30(38)41-23-10-8-6-5-7-9-22-40-24-19-35(18-21-37)16-12-14-29(26-33)31(39)42-27(2)3/h11-16,27,36-37H,4-10,17-24H2,1-3H3. The summed E-state index contributed by atoms with van der Waals surface area (Å²) in [5.41, 5.74) is -0.152. The van der Waals surface area contributed by atoms with Crippen LogP contribution in [0.2, 0.25) is 0 Å². The molecule has 42 heavy (non-hydrogen) atoms. The van der Waals surface area contributed by atoms with E-state index in [-0.39, 0.29) is 37.1 Å². The number of likely N-dealkylation sites (N-methyl/N-ethyl adjacent to an activating group) is 1. The summed E-state index contributed by atoms with van der Waals surface area (Å²) in [5.74, 6) is -1.30. The molecule has 11 nitrogen and oxygen atoms in total. The molecule has 0 heterocycles. The summed E-state index contributed by atoms with van der Waals surface area (Å²) < 4.78 is 15.9. The Morgan fingerprint density at radius 1 is 0.762 bits per heavy atom. The van der Waals surface area contributed by atoms with E-state index in [4.69, 9.17) is 24.6 Å². The third kappa shape index (κ3) is 20.3. The Morgan fingerprint density at radius 2 is 1.29 bits per heavy atom. The summed E-state index contributed by atoms with van der Waals surface area (Å²) >= 11 is 0. The maximum atomic E-state index is 12.1. The molecule has 0 aliphatic carbocycles. The van der Waals surface area contributed by atoms with E-state index in [0.29, 0.717) is 39.4 Å². The first-order chi connectivity index (χ1) is 20.3. The van der Waals surface area contributed by atoms with Crippen molar-refractivity contribution in [2.75, 3.05) is 59.2 Å². The minimum absolute atomic E-state index is 0.0271. The predicted molar refractivity (Wildman–Crippen MR) is 159 cm³/mol. The molecule has 0 aromatic rings. The van der Waals surface area contributed by atoms with E-state index in [1.54, 1.807) is 38.4 Å². The molecule has 0 saturated carbocycles. The molecule has 0 atom stereocenters.